The first kappa shape index (κ1) is 11.9. The van der Waals surface area contributed by atoms with E-state index < -0.39 is 0 Å². The van der Waals surface area contributed by atoms with Gasteiger partial charge in [0.15, 0.2) is 10.9 Å². The normalized spacial score (nSPS) is 10.4. The Hall–Kier alpha value is -1.55. The van der Waals surface area contributed by atoms with Crippen LogP contribution in [0, 0.1) is 0 Å². The van der Waals surface area contributed by atoms with Gasteiger partial charge in [0.2, 0.25) is 0 Å². The van der Waals surface area contributed by atoms with E-state index in [4.69, 9.17) is 4.42 Å². The number of aromatic nitrogens is 2. The maximum atomic E-state index is 5.36. The Labute approximate surface area is 105 Å². The number of hydrogen-bond donors (Lipinski definition) is 0. The summed E-state index contributed by atoms with van der Waals surface area (Å²) >= 11 is 1.54. The molecule has 0 amide bonds. The number of thioether (sulfide) groups is 1. The van der Waals surface area contributed by atoms with Crippen molar-refractivity contribution in [3.63, 3.8) is 0 Å². The highest BCUT2D eigenvalue weighted by Crippen LogP contribution is 2.21. The monoisotopic (exact) mass is 246 g/mol. The second-order valence-electron chi connectivity index (χ2n) is 3.54. The highest BCUT2D eigenvalue weighted by Gasteiger charge is 2.07. The van der Waals surface area contributed by atoms with E-state index in [1.807, 2.05) is 30.5 Å². The van der Waals surface area contributed by atoms with E-state index in [-0.39, 0.29) is 0 Å². The molecule has 0 atom stereocenters. The van der Waals surface area contributed by atoms with Gasteiger partial charge in [-0.05, 0) is 37.3 Å². The Morgan fingerprint density at radius 1 is 1.47 bits per heavy atom. The molecule has 0 unspecified atom stereocenters. The van der Waals surface area contributed by atoms with Crippen molar-refractivity contribution in [2.75, 3.05) is 6.26 Å². The van der Waals surface area contributed by atoms with Crippen LogP contribution in [-0.2, 0) is 6.42 Å². The van der Waals surface area contributed by atoms with Crippen molar-refractivity contribution in [1.82, 2.24) is 9.97 Å². The van der Waals surface area contributed by atoms with Gasteiger partial charge in [-0.1, -0.05) is 17.8 Å². The topological polar surface area (TPSA) is 38.9 Å². The number of furan rings is 1. The predicted molar refractivity (Wildman–Crippen MR) is 70.0 cm³/mol. The lowest BCUT2D eigenvalue weighted by atomic mass is 10.2. The summed E-state index contributed by atoms with van der Waals surface area (Å²) in [5.74, 6) is 0.780. The average molecular weight is 246 g/mol. The van der Waals surface area contributed by atoms with E-state index in [1.54, 1.807) is 6.26 Å². The zero-order chi connectivity index (χ0) is 12.1. The van der Waals surface area contributed by atoms with Gasteiger partial charge in [-0.15, -0.1) is 6.58 Å². The molecule has 0 aliphatic rings. The first-order valence-corrected chi connectivity index (χ1v) is 6.62. The average Bonchev–Trinajstić information content (AvgIpc) is 2.89. The molecule has 88 valence electrons. The van der Waals surface area contributed by atoms with Crippen molar-refractivity contribution in [1.29, 1.82) is 0 Å². The highest BCUT2D eigenvalue weighted by molar-refractivity contribution is 7.98. The van der Waals surface area contributed by atoms with Gasteiger partial charge in [-0.25, -0.2) is 9.97 Å². The van der Waals surface area contributed by atoms with Crippen LogP contribution in [0.5, 0.6) is 0 Å². The van der Waals surface area contributed by atoms with E-state index in [0.717, 1.165) is 35.1 Å². The smallest absolute Gasteiger partial charge is 0.188 e. The summed E-state index contributed by atoms with van der Waals surface area (Å²) in [4.78, 5) is 8.90. The summed E-state index contributed by atoms with van der Waals surface area (Å²) in [6.07, 6.45) is 7.32. The molecule has 4 heteroatoms. The standard InChI is InChI=1S/C13H14N2OS/c1-3-4-6-10-9-11(12-7-5-8-16-12)15-13(14-10)17-2/h3,5,7-9H,1,4,6H2,2H3. The van der Waals surface area contributed by atoms with Gasteiger partial charge < -0.3 is 4.42 Å². The SMILES string of the molecule is C=CCCc1cc(-c2ccco2)nc(SC)n1. The van der Waals surface area contributed by atoms with E-state index in [1.165, 1.54) is 11.8 Å². The van der Waals surface area contributed by atoms with E-state index in [0.29, 0.717) is 0 Å². The molecule has 17 heavy (non-hydrogen) atoms. The molecular formula is C13H14N2OS. The number of nitrogens with zero attached hydrogens (tertiary/aromatic N) is 2. The van der Waals surface area contributed by atoms with Gasteiger partial charge in [-0.3, -0.25) is 0 Å². The van der Waals surface area contributed by atoms with E-state index in [9.17, 15) is 0 Å². The molecule has 0 aliphatic carbocycles. The number of rotatable bonds is 5. The molecule has 0 aromatic carbocycles. The fourth-order valence-corrected chi connectivity index (χ4v) is 1.89. The van der Waals surface area contributed by atoms with E-state index >= 15 is 0 Å². The van der Waals surface area contributed by atoms with E-state index in [2.05, 4.69) is 16.5 Å². The van der Waals surface area contributed by atoms with Crippen molar-refractivity contribution in [3.05, 3.63) is 42.8 Å². The molecule has 0 spiro atoms. The minimum atomic E-state index is 0.776. The quantitative estimate of drug-likeness (QED) is 0.459. The molecule has 2 aromatic heterocycles. The molecule has 3 nitrogen and oxygen atoms in total. The Bertz CT molecular complexity index is 494. The van der Waals surface area contributed by atoms with Crippen molar-refractivity contribution < 1.29 is 4.42 Å². The zero-order valence-corrected chi connectivity index (χ0v) is 10.5. The minimum absolute atomic E-state index is 0.776. The Morgan fingerprint density at radius 2 is 2.35 bits per heavy atom. The molecule has 2 rings (SSSR count). The Morgan fingerprint density at radius 3 is 3.00 bits per heavy atom. The first-order valence-electron chi connectivity index (χ1n) is 5.40. The summed E-state index contributed by atoms with van der Waals surface area (Å²) in [5, 5.41) is 0.776. The van der Waals surface area contributed by atoms with Crippen LogP contribution in [-0.4, -0.2) is 16.2 Å². The number of allylic oxidation sites excluding steroid dienone is 1. The molecule has 0 aliphatic heterocycles. The lowest BCUT2D eigenvalue weighted by Crippen LogP contribution is -1.96. The maximum absolute atomic E-state index is 5.36. The van der Waals surface area contributed by atoms with Gasteiger partial charge in [-0.2, -0.15) is 0 Å². The molecule has 0 saturated heterocycles. The summed E-state index contributed by atoms with van der Waals surface area (Å²) in [5.41, 5.74) is 1.86. The maximum Gasteiger partial charge on any atom is 0.188 e. The molecule has 0 saturated carbocycles. The molecule has 2 aromatic rings. The van der Waals surface area contributed by atoms with Gasteiger partial charge in [0, 0.05) is 5.69 Å². The number of aryl methyl sites for hydroxylation is 1. The van der Waals surface area contributed by atoms with Gasteiger partial charge >= 0.3 is 0 Å². The van der Waals surface area contributed by atoms with Crippen LogP contribution in [0.25, 0.3) is 11.5 Å². The van der Waals surface area contributed by atoms with Gasteiger partial charge in [0.25, 0.3) is 0 Å². The third kappa shape index (κ3) is 2.97. The number of hydrogen-bond acceptors (Lipinski definition) is 4. The first-order chi connectivity index (χ1) is 8.33. The van der Waals surface area contributed by atoms with Crippen LogP contribution in [0.15, 0.2) is 46.7 Å². The van der Waals surface area contributed by atoms with Crippen LogP contribution >= 0.6 is 11.8 Å². The Balaban J connectivity index is 2.35. The van der Waals surface area contributed by atoms with Crippen molar-refractivity contribution in [2.45, 2.75) is 18.0 Å². The van der Waals surface area contributed by atoms with Crippen LogP contribution in [0.2, 0.25) is 0 Å². The molecular weight excluding hydrogens is 232 g/mol. The van der Waals surface area contributed by atoms with Crippen LogP contribution < -0.4 is 0 Å². The Kier molecular flexibility index (Phi) is 3.98. The fraction of sp³-hybridized carbons (Fsp3) is 0.231. The van der Waals surface area contributed by atoms with Gasteiger partial charge in [0.05, 0.1) is 6.26 Å². The lowest BCUT2D eigenvalue weighted by Gasteiger charge is -2.04. The predicted octanol–water partition coefficient (Wildman–Crippen LogP) is 3.58. The summed E-state index contributed by atoms with van der Waals surface area (Å²) in [6, 6.07) is 5.74. The summed E-state index contributed by atoms with van der Waals surface area (Å²) in [6.45, 7) is 3.72. The van der Waals surface area contributed by atoms with Crippen LogP contribution in [0.4, 0.5) is 0 Å². The van der Waals surface area contributed by atoms with Crippen molar-refractivity contribution in [3.8, 4) is 11.5 Å². The largest absolute Gasteiger partial charge is 0.463 e. The summed E-state index contributed by atoms with van der Waals surface area (Å²) in [7, 11) is 0. The molecule has 2 heterocycles. The third-order valence-electron chi connectivity index (χ3n) is 2.32. The van der Waals surface area contributed by atoms with Crippen molar-refractivity contribution in [2.24, 2.45) is 0 Å². The highest BCUT2D eigenvalue weighted by atomic mass is 32.2. The van der Waals surface area contributed by atoms with Crippen LogP contribution in [0.1, 0.15) is 12.1 Å². The second-order valence-corrected chi connectivity index (χ2v) is 4.31. The van der Waals surface area contributed by atoms with Crippen molar-refractivity contribution >= 4 is 11.8 Å². The molecule has 0 fully saturated rings. The van der Waals surface area contributed by atoms with Crippen LogP contribution in [0.3, 0.4) is 0 Å². The van der Waals surface area contributed by atoms with Gasteiger partial charge in [0.1, 0.15) is 5.69 Å². The summed E-state index contributed by atoms with van der Waals surface area (Å²) < 4.78 is 5.36. The molecule has 0 radical (unpaired) electrons. The zero-order valence-electron chi connectivity index (χ0n) is 9.72. The second kappa shape index (κ2) is 5.68. The minimum Gasteiger partial charge on any atom is -0.463 e. The third-order valence-corrected chi connectivity index (χ3v) is 2.87. The fourth-order valence-electron chi connectivity index (χ4n) is 1.49. The lowest BCUT2D eigenvalue weighted by molar-refractivity contribution is 0.578. The molecule has 0 N–H and O–H groups in total. The molecule has 0 bridgehead atoms.